The summed E-state index contributed by atoms with van der Waals surface area (Å²) in [5, 5.41) is 2.94. The molecule has 1 amide bonds. The second-order valence-corrected chi connectivity index (χ2v) is 9.93. The zero-order chi connectivity index (χ0) is 26.0. The summed E-state index contributed by atoms with van der Waals surface area (Å²) in [6.07, 6.45) is 7.85. The van der Waals surface area contributed by atoms with E-state index in [0.29, 0.717) is 34.8 Å². The van der Waals surface area contributed by atoms with Crippen molar-refractivity contribution in [1.29, 1.82) is 0 Å². The third-order valence-corrected chi connectivity index (χ3v) is 7.03. The van der Waals surface area contributed by atoms with Gasteiger partial charge in [-0.25, -0.2) is 9.47 Å². The molecule has 7 heteroatoms. The number of benzene rings is 3. The van der Waals surface area contributed by atoms with E-state index in [-0.39, 0.29) is 5.91 Å². The Kier molecular flexibility index (Phi) is 6.98. The quantitative estimate of drug-likeness (QED) is 0.283. The Hall–Kier alpha value is -3.71. The van der Waals surface area contributed by atoms with E-state index in [4.69, 9.17) is 16.3 Å². The monoisotopic (exact) mass is 513 g/mol. The Morgan fingerprint density at radius 2 is 1.86 bits per heavy atom. The van der Waals surface area contributed by atoms with Gasteiger partial charge in [-0.2, -0.15) is 0 Å². The van der Waals surface area contributed by atoms with Gasteiger partial charge in [0.1, 0.15) is 24.2 Å². The number of likely N-dealkylation sites (N-methyl/N-ethyl adjacent to an activating group) is 1. The van der Waals surface area contributed by atoms with Gasteiger partial charge in [0.25, 0.3) is 5.91 Å². The summed E-state index contributed by atoms with van der Waals surface area (Å²) in [6, 6.07) is 22.3. The summed E-state index contributed by atoms with van der Waals surface area (Å²) in [7, 11) is 5.53. The van der Waals surface area contributed by atoms with Gasteiger partial charge in [0, 0.05) is 25.7 Å². The van der Waals surface area contributed by atoms with Crippen molar-refractivity contribution < 1.29 is 9.53 Å². The molecule has 0 fully saturated rings. The lowest BCUT2D eigenvalue weighted by Gasteiger charge is -2.23. The number of aromatic nitrogens is 2. The number of ether oxygens (including phenoxy) is 1. The topological polar surface area (TPSA) is 47.4 Å². The SMILES string of the molecule is COCCN(C)C(=O)C1=C[N+](C)(c2cncn2Cc2cccc(Cl)c2)C=C1c1cccc2ccccc12. The van der Waals surface area contributed by atoms with Crippen molar-refractivity contribution in [2.75, 3.05) is 34.4 Å². The van der Waals surface area contributed by atoms with Crippen molar-refractivity contribution in [3.05, 3.63) is 113 Å². The number of rotatable bonds is 8. The standard InChI is InChI=1S/C30H30ClN4O2/c1-33(14-15-37-3)30(36)28-20-35(2,19-27(28)26-13-7-10-23-9-4-5-12-25(23)26)29-17-32-21-34(29)18-22-8-6-11-24(31)16-22/h4-13,16-17,19-21H,14-15,18H2,1-3H3/q+1. The van der Waals surface area contributed by atoms with Crippen LogP contribution in [-0.4, -0.2) is 54.7 Å². The van der Waals surface area contributed by atoms with E-state index in [2.05, 4.69) is 47.1 Å². The second-order valence-electron chi connectivity index (χ2n) is 9.49. The number of quaternary nitrogens is 1. The molecule has 1 aliphatic heterocycles. The van der Waals surface area contributed by atoms with Crippen LogP contribution in [-0.2, 0) is 16.1 Å². The minimum atomic E-state index is -0.0426. The Bertz CT molecular complexity index is 1520. The summed E-state index contributed by atoms with van der Waals surface area (Å²) in [5.74, 6) is 0.902. The van der Waals surface area contributed by atoms with Crippen molar-refractivity contribution in [2.45, 2.75) is 6.54 Å². The second kappa shape index (κ2) is 10.3. The average molecular weight is 514 g/mol. The Morgan fingerprint density at radius 1 is 1.08 bits per heavy atom. The lowest BCUT2D eigenvalue weighted by atomic mass is 9.94. The zero-order valence-electron chi connectivity index (χ0n) is 21.3. The minimum absolute atomic E-state index is 0.0426. The van der Waals surface area contributed by atoms with Gasteiger partial charge in [0.2, 0.25) is 5.82 Å². The Balaban J connectivity index is 1.61. The molecular formula is C30H30ClN4O2+. The number of nitrogens with zero attached hydrogens (tertiary/aromatic N) is 4. The summed E-state index contributed by atoms with van der Waals surface area (Å²) >= 11 is 6.23. The molecule has 188 valence electrons. The van der Waals surface area contributed by atoms with Crippen LogP contribution < -0.4 is 4.48 Å². The number of methoxy groups -OCH3 is 1. The molecule has 5 rings (SSSR count). The highest BCUT2D eigenvalue weighted by atomic mass is 35.5. The van der Waals surface area contributed by atoms with Crippen molar-refractivity contribution in [3.8, 4) is 0 Å². The summed E-state index contributed by atoms with van der Waals surface area (Å²) < 4.78 is 7.62. The molecule has 6 nitrogen and oxygen atoms in total. The predicted molar refractivity (Wildman–Crippen MR) is 150 cm³/mol. The molecule has 0 saturated carbocycles. The predicted octanol–water partition coefficient (Wildman–Crippen LogP) is 5.72. The van der Waals surface area contributed by atoms with E-state index in [1.54, 1.807) is 12.0 Å². The molecule has 0 N–H and O–H groups in total. The molecule has 0 bridgehead atoms. The Morgan fingerprint density at radius 3 is 2.68 bits per heavy atom. The molecule has 0 aliphatic carbocycles. The number of hydrogen-bond acceptors (Lipinski definition) is 3. The molecule has 1 atom stereocenters. The first-order valence-corrected chi connectivity index (χ1v) is 12.6. The zero-order valence-corrected chi connectivity index (χ0v) is 22.0. The van der Waals surface area contributed by atoms with Gasteiger partial charge in [-0.05, 0) is 34.0 Å². The summed E-state index contributed by atoms with van der Waals surface area (Å²) in [6.45, 7) is 1.60. The van der Waals surface area contributed by atoms with Gasteiger partial charge < -0.3 is 9.64 Å². The first-order chi connectivity index (χ1) is 17.9. The van der Waals surface area contributed by atoms with Crippen molar-refractivity contribution in [3.63, 3.8) is 0 Å². The van der Waals surface area contributed by atoms with Crippen LogP contribution >= 0.6 is 11.6 Å². The fourth-order valence-electron chi connectivity index (χ4n) is 4.89. The number of imidazole rings is 1. The molecule has 1 unspecified atom stereocenters. The molecule has 3 aromatic carbocycles. The van der Waals surface area contributed by atoms with Crippen molar-refractivity contribution in [2.24, 2.45) is 0 Å². The molecule has 0 spiro atoms. The summed E-state index contributed by atoms with van der Waals surface area (Å²) in [5.41, 5.74) is 3.67. The van der Waals surface area contributed by atoms with E-state index in [9.17, 15) is 4.79 Å². The lowest BCUT2D eigenvalue weighted by molar-refractivity contribution is -0.126. The largest absolute Gasteiger partial charge is 0.383 e. The van der Waals surface area contributed by atoms with E-state index >= 15 is 0 Å². The van der Waals surface area contributed by atoms with E-state index in [1.807, 2.05) is 68.2 Å². The van der Waals surface area contributed by atoms with Gasteiger partial charge in [0.15, 0.2) is 0 Å². The van der Waals surface area contributed by atoms with Crippen LogP contribution in [0, 0.1) is 0 Å². The van der Waals surface area contributed by atoms with Crippen LogP contribution in [0.5, 0.6) is 0 Å². The molecular weight excluding hydrogens is 484 g/mol. The third-order valence-electron chi connectivity index (χ3n) is 6.80. The normalized spacial score (nSPS) is 17.1. The van der Waals surface area contributed by atoms with E-state index in [0.717, 1.165) is 33.3 Å². The third kappa shape index (κ3) is 4.96. The van der Waals surface area contributed by atoms with Crippen molar-refractivity contribution >= 4 is 39.7 Å². The average Bonchev–Trinajstić information content (AvgIpc) is 3.51. The Labute approximate surface area is 222 Å². The van der Waals surface area contributed by atoms with Crippen molar-refractivity contribution in [1.82, 2.24) is 18.9 Å². The number of carbonyl (C=O) groups excluding carboxylic acids is 1. The molecule has 1 aromatic heterocycles. The van der Waals surface area contributed by atoms with Crippen LogP contribution in [0.15, 0.2) is 97.2 Å². The van der Waals surface area contributed by atoms with Gasteiger partial charge in [0.05, 0.1) is 32.1 Å². The van der Waals surface area contributed by atoms with Crippen LogP contribution in [0.3, 0.4) is 0 Å². The smallest absolute Gasteiger partial charge is 0.259 e. The maximum atomic E-state index is 13.8. The number of halogens is 1. The highest BCUT2D eigenvalue weighted by Crippen LogP contribution is 2.40. The van der Waals surface area contributed by atoms with Gasteiger partial charge in [-0.1, -0.05) is 66.2 Å². The first-order valence-electron chi connectivity index (χ1n) is 12.2. The maximum Gasteiger partial charge on any atom is 0.259 e. The molecule has 0 saturated heterocycles. The fourth-order valence-corrected chi connectivity index (χ4v) is 5.11. The lowest BCUT2D eigenvalue weighted by Crippen LogP contribution is -2.34. The summed E-state index contributed by atoms with van der Waals surface area (Å²) in [4.78, 5) is 19.9. The maximum absolute atomic E-state index is 13.8. The van der Waals surface area contributed by atoms with Crippen LogP contribution in [0.1, 0.15) is 11.1 Å². The number of amides is 1. The minimum Gasteiger partial charge on any atom is -0.383 e. The van der Waals surface area contributed by atoms with Crippen LogP contribution in [0.4, 0.5) is 5.82 Å². The van der Waals surface area contributed by atoms with E-state index in [1.165, 1.54) is 0 Å². The van der Waals surface area contributed by atoms with E-state index < -0.39 is 0 Å². The number of hydrogen-bond donors (Lipinski definition) is 0. The van der Waals surface area contributed by atoms with Gasteiger partial charge >= 0.3 is 0 Å². The molecule has 4 aromatic rings. The first kappa shape index (κ1) is 25.0. The van der Waals surface area contributed by atoms with Crippen LogP contribution in [0.25, 0.3) is 16.3 Å². The molecule has 0 radical (unpaired) electrons. The molecule has 1 aliphatic rings. The number of carbonyl (C=O) groups is 1. The molecule has 2 heterocycles. The highest BCUT2D eigenvalue weighted by Gasteiger charge is 2.38. The van der Waals surface area contributed by atoms with Gasteiger partial charge in [-0.3, -0.25) is 9.36 Å². The molecule has 37 heavy (non-hydrogen) atoms. The fraction of sp³-hybridized carbons (Fsp3) is 0.200. The van der Waals surface area contributed by atoms with Crippen LogP contribution in [0.2, 0.25) is 5.02 Å². The highest BCUT2D eigenvalue weighted by molar-refractivity contribution is 6.30. The number of fused-ring (bicyclic) bond motifs is 1. The van der Waals surface area contributed by atoms with Gasteiger partial charge in [-0.15, -0.1) is 0 Å².